The molecule has 1 fully saturated rings. The molecule has 1 aliphatic heterocycles. The molecule has 30 heavy (non-hydrogen) atoms. The number of nitrogens with one attached hydrogen (secondary N) is 1. The predicted octanol–water partition coefficient (Wildman–Crippen LogP) is -2.70. The number of carbonyl (C=O) groups excluding carboxylic acids is 3. The summed E-state index contributed by atoms with van der Waals surface area (Å²) in [5, 5.41) is 2.31. The monoisotopic (exact) mass is 456 g/mol. The van der Waals surface area contributed by atoms with Gasteiger partial charge in [-0.15, -0.1) is 0 Å². The normalized spacial score (nSPS) is 16.6. The van der Waals surface area contributed by atoms with Crippen molar-refractivity contribution in [1.29, 1.82) is 0 Å². The molecule has 1 N–H and O–H groups in total. The van der Waals surface area contributed by atoms with Crippen molar-refractivity contribution >= 4 is 28.1 Å². The molecule has 0 bridgehead atoms. The van der Waals surface area contributed by atoms with E-state index in [9.17, 15) is 27.4 Å². The Morgan fingerprint density at radius 2 is 1.67 bits per heavy atom. The maximum absolute atomic E-state index is 12.7. The smallest absolute Gasteiger partial charge is 0.731 e. The van der Waals surface area contributed by atoms with Gasteiger partial charge in [0.1, 0.15) is 12.6 Å². The average Bonchev–Trinajstić information content (AvgIpc) is 2.70. The van der Waals surface area contributed by atoms with Crippen molar-refractivity contribution in [2.24, 2.45) is 0 Å². The molecule has 1 saturated heterocycles. The van der Waals surface area contributed by atoms with Gasteiger partial charge in [0.05, 0.1) is 6.54 Å². The van der Waals surface area contributed by atoms with E-state index in [-0.39, 0.29) is 62.3 Å². The van der Waals surface area contributed by atoms with E-state index in [0.29, 0.717) is 5.56 Å². The van der Waals surface area contributed by atoms with E-state index in [0.717, 1.165) is 5.56 Å². The summed E-state index contributed by atoms with van der Waals surface area (Å²) in [6.07, 6.45) is 0. The van der Waals surface area contributed by atoms with Crippen LogP contribution in [0.25, 0.3) is 0 Å². The summed E-state index contributed by atoms with van der Waals surface area (Å²) in [6.45, 7) is -0.516. The minimum Gasteiger partial charge on any atom is -0.731 e. The van der Waals surface area contributed by atoms with Gasteiger partial charge >= 0.3 is 57.4 Å². The Hall–Kier alpha value is -1.60. The maximum atomic E-state index is 12.7. The summed E-state index contributed by atoms with van der Waals surface area (Å²) >= 11 is 0. The van der Waals surface area contributed by atoms with Gasteiger partial charge in [-0.2, -0.15) is 0 Å². The van der Waals surface area contributed by atoms with Crippen molar-refractivity contribution in [2.45, 2.75) is 18.6 Å². The van der Waals surface area contributed by atoms with Crippen LogP contribution in [-0.4, -0.2) is 47.6 Å². The zero-order chi connectivity index (χ0) is 21.0. The van der Waals surface area contributed by atoms with Gasteiger partial charge in [-0.1, -0.05) is 60.7 Å². The predicted molar refractivity (Wildman–Crippen MR) is 98.8 cm³/mol. The third kappa shape index (κ3) is 5.97. The Labute approximate surface area is 216 Å². The van der Waals surface area contributed by atoms with E-state index in [2.05, 4.69) is 5.32 Å². The van der Waals surface area contributed by atoms with Gasteiger partial charge in [0.25, 0.3) is 5.91 Å². The molecule has 1 unspecified atom stereocenters. The second-order valence-electron chi connectivity index (χ2n) is 6.33. The second kappa shape index (κ2) is 10.6. The summed E-state index contributed by atoms with van der Waals surface area (Å²) in [7, 11) is -4.92. The fourth-order valence-electron chi connectivity index (χ4n) is 2.81. The van der Waals surface area contributed by atoms with E-state index >= 15 is 0 Å². The number of β-lactam (4-membered cyclic amide) rings is 1. The molecule has 0 spiro atoms. The number of rotatable bonds is 7. The van der Waals surface area contributed by atoms with Gasteiger partial charge in [0.15, 0.2) is 16.2 Å². The van der Waals surface area contributed by atoms with E-state index in [1.807, 2.05) is 6.07 Å². The van der Waals surface area contributed by atoms with Gasteiger partial charge in [0.2, 0.25) is 5.91 Å². The third-order valence-electron chi connectivity index (χ3n) is 4.33. The Bertz CT molecular complexity index is 1020. The van der Waals surface area contributed by atoms with Crippen molar-refractivity contribution in [1.82, 2.24) is 9.62 Å². The molecule has 1 heterocycles. The summed E-state index contributed by atoms with van der Waals surface area (Å²) in [6, 6.07) is 15.8. The Balaban J connectivity index is 0.00000320. The molecule has 2 aromatic rings. The first-order chi connectivity index (χ1) is 13.8. The average molecular weight is 457 g/mol. The van der Waals surface area contributed by atoms with Crippen molar-refractivity contribution in [2.75, 3.05) is 6.54 Å². The molecule has 9 nitrogen and oxygen atoms in total. The Kier molecular flexibility index (Phi) is 8.73. The van der Waals surface area contributed by atoms with Gasteiger partial charge in [0, 0.05) is 0 Å². The molecule has 2 amide bonds. The first-order valence-corrected chi connectivity index (χ1v) is 9.97. The van der Waals surface area contributed by atoms with Crippen LogP contribution in [0.1, 0.15) is 17.0 Å². The first-order valence-electron chi connectivity index (χ1n) is 8.60. The number of benzene rings is 2. The van der Waals surface area contributed by atoms with E-state index in [4.69, 9.17) is 4.74 Å². The zero-order valence-corrected chi connectivity index (χ0v) is 20.0. The molecule has 2 atom stereocenters. The number of esters is 1. The minimum absolute atomic E-state index is 0. The number of hydrogen-bond acceptors (Lipinski definition) is 7. The van der Waals surface area contributed by atoms with Crippen LogP contribution in [0.3, 0.4) is 0 Å². The summed E-state index contributed by atoms with van der Waals surface area (Å²) in [5.41, 5.74) is 1.08. The van der Waals surface area contributed by atoms with E-state index in [1.54, 1.807) is 54.6 Å². The Morgan fingerprint density at radius 1 is 1.10 bits per heavy atom. The number of hydrogen-bond donors (Lipinski definition) is 1. The van der Waals surface area contributed by atoms with Crippen LogP contribution in [0.5, 0.6) is 0 Å². The van der Waals surface area contributed by atoms with Gasteiger partial charge in [-0.05, 0) is 11.1 Å². The van der Waals surface area contributed by atoms with E-state index in [1.165, 1.54) is 0 Å². The van der Waals surface area contributed by atoms with Crippen LogP contribution in [0, 0.1) is 0 Å². The van der Waals surface area contributed by atoms with Gasteiger partial charge in [-0.25, -0.2) is 12.7 Å². The maximum Gasteiger partial charge on any atom is 1.00 e. The quantitative estimate of drug-likeness (QED) is 0.158. The Morgan fingerprint density at radius 3 is 2.20 bits per heavy atom. The van der Waals surface area contributed by atoms with Crippen molar-refractivity contribution in [3.8, 4) is 0 Å². The largest absolute Gasteiger partial charge is 1.00 e. The second-order valence-corrected chi connectivity index (χ2v) is 7.62. The number of carbonyl (C=O) groups is 3. The summed E-state index contributed by atoms with van der Waals surface area (Å²) < 4.78 is 38.1. The van der Waals surface area contributed by atoms with Crippen LogP contribution < -0.4 is 56.7 Å². The van der Waals surface area contributed by atoms with Crippen LogP contribution in [0.2, 0.25) is 0 Å². The molecule has 0 aromatic heterocycles. The molecular formula is C19H17KN2O7S. The van der Waals surface area contributed by atoms with Crippen LogP contribution in [0.15, 0.2) is 60.7 Å². The fraction of sp³-hybridized carbons (Fsp3) is 0.211. The molecule has 0 aliphatic carbocycles. The summed E-state index contributed by atoms with van der Waals surface area (Å²) in [5.74, 6) is -4.04. The first kappa shape index (κ1) is 24.7. The number of ether oxygens (including phenoxy) is 1. The molecule has 152 valence electrons. The van der Waals surface area contributed by atoms with Crippen LogP contribution >= 0.6 is 0 Å². The molecule has 0 saturated carbocycles. The van der Waals surface area contributed by atoms with Crippen molar-refractivity contribution in [3.05, 3.63) is 71.8 Å². The van der Waals surface area contributed by atoms with Crippen molar-refractivity contribution in [3.63, 3.8) is 0 Å². The molecular weight excluding hydrogens is 439 g/mol. The minimum atomic E-state index is -4.92. The summed E-state index contributed by atoms with van der Waals surface area (Å²) in [4.78, 5) is 37.1. The van der Waals surface area contributed by atoms with Crippen LogP contribution in [-0.2, 0) is 36.0 Å². The molecule has 1 aliphatic rings. The van der Waals surface area contributed by atoms with Gasteiger partial charge < -0.3 is 14.6 Å². The van der Waals surface area contributed by atoms with E-state index < -0.39 is 46.6 Å². The standard InChI is InChI=1S/C19H18N2O7S.K/c22-17(20-15-11-21(18(15)23)29(25,26)27)16(14-9-5-2-6-10-14)19(24)28-12-13-7-3-1-4-8-13;/h1-10,15-16H,11-12H2,(H,20,22)(H,25,26,27);/q;+1/p-1/t15-,16?;/m0./s1. The SMILES string of the molecule is O=C(N[C@H]1CN(S(=O)(=O)[O-])C1=O)C(C(=O)OCc1ccccc1)c1ccccc1.[K+]. The molecule has 3 rings (SSSR count). The molecule has 0 radical (unpaired) electrons. The third-order valence-corrected chi connectivity index (χ3v) is 5.20. The number of nitrogens with zero attached hydrogens (tertiary/aromatic N) is 1. The topological polar surface area (TPSA) is 133 Å². The van der Waals surface area contributed by atoms with Crippen molar-refractivity contribution < 1.29 is 83.5 Å². The molecule has 11 heteroatoms. The fourth-order valence-corrected chi connectivity index (χ4v) is 3.49. The molecule has 2 aromatic carbocycles. The zero-order valence-electron chi connectivity index (χ0n) is 16.1. The van der Waals surface area contributed by atoms with Gasteiger partial charge in [-0.3, -0.25) is 14.4 Å². The van der Waals surface area contributed by atoms with Crippen LogP contribution in [0.4, 0.5) is 0 Å². The number of amides is 2.